The first-order chi connectivity index (χ1) is 17.6. The van der Waals surface area contributed by atoms with E-state index in [0.29, 0.717) is 36.1 Å². The van der Waals surface area contributed by atoms with Gasteiger partial charge in [-0.05, 0) is 31.2 Å². The van der Waals surface area contributed by atoms with Crippen molar-refractivity contribution < 1.29 is 18.7 Å². The molecule has 184 valence electrons. The van der Waals surface area contributed by atoms with Crippen LogP contribution in [0.4, 0.5) is 5.69 Å². The van der Waals surface area contributed by atoms with Crippen molar-refractivity contribution in [3.05, 3.63) is 90.8 Å². The molecule has 1 N–H and O–H groups in total. The maximum atomic E-state index is 12.9. The topological polar surface area (TPSA) is 84.7 Å². The summed E-state index contributed by atoms with van der Waals surface area (Å²) < 4.78 is 11.3. The first kappa shape index (κ1) is 24.7. The second kappa shape index (κ2) is 11.8. The average Bonchev–Trinajstić information content (AvgIpc) is 3.36. The lowest BCUT2D eigenvalue weighted by Crippen LogP contribution is -2.38. The molecule has 0 saturated heterocycles. The summed E-state index contributed by atoms with van der Waals surface area (Å²) in [6.07, 6.45) is 0.523. The van der Waals surface area contributed by atoms with Crippen LogP contribution in [0, 0.1) is 0 Å². The fourth-order valence-electron chi connectivity index (χ4n) is 3.84. The van der Waals surface area contributed by atoms with E-state index in [0.717, 1.165) is 16.8 Å². The van der Waals surface area contributed by atoms with E-state index in [4.69, 9.17) is 14.1 Å². The van der Waals surface area contributed by atoms with Gasteiger partial charge in [0.2, 0.25) is 11.8 Å². The van der Waals surface area contributed by atoms with Gasteiger partial charge >= 0.3 is 0 Å². The molecule has 0 fully saturated rings. The predicted molar refractivity (Wildman–Crippen MR) is 140 cm³/mol. The van der Waals surface area contributed by atoms with Crippen molar-refractivity contribution in [2.75, 3.05) is 25.5 Å². The Bertz CT molecular complexity index is 1230. The van der Waals surface area contributed by atoms with Gasteiger partial charge in [0.15, 0.2) is 11.7 Å². The maximum Gasteiger partial charge on any atom is 0.243 e. The summed E-state index contributed by atoms with van der Waals surface area (Å²) in [5, 5.41) is 2.81. The molecule has 36 heavy (non-hydrogen) atoms. The fourth-order valence-corrected chi connectivity index (χ4v) is 3.84. The lowest BCUT2D eigenvalue weighted by atomic mass is 10.1. The van der Waals surface area contributed by atoms with E-state index in [1.165, 1.54) is 4.90 Å². The van der Waals surface area contributed by atoms with Gasteiger partial charge in [0.1, 0.15) is 11.4 Å². The number of likely N-dealkylation sites (N-methyl/N-ethyl adjacent to an activating group) is 1. The number of aryl methyl sites for hydroxylation is 1. The third kappa shape index (κ3) is 6.18. The van der Waals surface area contributed by atoms with Crippen LogP contribution >= 0.6 is 0 Å². The summed E-state index contributed by atoms with van der Waals surface area (Å²) in [5.41, 5.74) is 3.26. The zero-order valence-electron chi connectivity index (χ0n) is 20.4. The zero-order chi connectivity index (χ0) is 25.3. The van der Waals surface area contributed by atoms with Crippen molar-refractivity contribution in [3.8, 4) is 28.3 Å². The standard InChI is InChI=1S/C29H29N3O4/c1-3-32(20-25(33)30-23-14-16-24(35-2)17-15-23)27(34)19-18-26-31-28(21-10-6-4-7-11-21)29(36-26)22-12-8-5-9-13-22/h4-17H,3,18-20H2,1-2H3,(H,30,33). The van der Waals surface area contributed by atoms with E-state index in [1.807, 2.05) is 67.6 Å². The Morgan fingerprint density at radius 2 is 1.56 bits per heavy atom. The number of oxazole rings is 1. The molecule has 3 aromatic carbocycles. The van der Waals surface area contributed by atoms with E-state index in [9.17, 15) is 9.59 Å². The first-order valence-corrected chi connectivity index (χ1v) is 11.9. The van der Waals surface area contributed by atoms with Crippen molar-refractivity contribution in [1.82, 2.24) is 9.88 Å². The number of carbonyl (C=O) groups is 2. The van der Waals surface area contributed by atoms with Gasteiger partial charge in [0.25, 0.3) is 0 Å². The van der Waals surface area contributed by atoms with Crippen LogP contribution in [0.15, 0.2) is 89.3 Å². The molecule has 4 aromatic rings. The summed E-state index contributed by atoms with van der Waals surface area (Å²) in [6.45, 7) is 2.24. The molecule has 0 atom stereocenters. The number of nitrogens with one attached hydrogen (secondary N) is 1. The molecule has 1 heterocycles. The second-order valence-electron chi connectivity index (χ2n) is 8.20. The van der Waals surface area contributed by atoms with E-state index in [-0.39, 0.29) is 24.8 Å². The summed E-state index contributed by atoms with van der Waals surface area (Å²) >= 11 is 0. The molecular formula is C29H29N3O4. The van der Waals surface area contributed by atoms with Crippen molar-refractivity contribution in [1.29, 1.82) is 0 Å². The van der Waals surface area contributed by atoms with Gasteiger partial charge in [-0.1, -0.05) is 60.7 Å². The minimum Gasteiger partial charge on any atom is -0.497 e. The van der Waals surface area contributed by atoms with Crippen LogP contribution in [0.2, 0.25) is 0 Å². The Morgan fingerprint density at radius 1 is 0.917 bits per heavy atom. The van der Waals surface area contributed by atoms with E-state index in [2.05, 4.69) is 5.32 Å². The number of hydrogen-bond donors (Lipinski definition) is 1. The van der Waals surface area contributed by atoms with Gasteiger partial charge in [-0.15, -0.1) is 0 Å². The van der Waals surface area contributed by atoms with Gasteiger partial charge in [-0.25, -0.2) is 4.98 Å². The number of ether oxygens (including phenoxy) is 1. The Kier molecular flexibility index (Phi) is 8.13. The third-order valence-electron chi connectivity index (χ3n) is 5.75. The molecule has 0 aliphatic carbocycles. The molecule has 0 aliphatic heterocycles. The second-order valence-corrected chi connectivity index (χ2v) is 8.20. The number of carbonyl (C=O) groups excluding carboxylic acids is 2. The minimum atomic E-state index is -0.260. The van der Waals surface area contributed by atoms with Crippen LogP contribution in [0.3, 0.4) is 0 Å². The highest BCUT2D eigenvalue weighted by molar-refractivity contribution is 5.94. The van der Waals surface area contributed by atoms with E-state index in [1.54, 1.807) is 31.4 Å². The number of rotatable bonds is 10. The molecule has 0 aliphatic rings. The van der Waals surface area contributed by atoms with Crippen LogP contribution in [0.5, 0.6) is 5.75 Å². The van der Waals surface area contributed by atoms with Crippen molar-refractivity contribution in [2.24, 2.45) is 0 Å². The first-order valence-electron chi connectivity index (χ1n) is 11.9. The fraction of sp³-hybridized carbons (Fsp3) is 0.207. The highest BCUT2D eigenvalue weighted by Crippen LogP contribution is 2.32. The largest absolute Gasteiger partial charge is 0.497 e. The number of nitrogens with zero attached hydrogens (tertiary/aromatic N) is 2. The van der Waals surface area contributed by atoms with E-state index < -0.39 is 0 Å². The number of aromatic nitrogens is 1. The SMILES string of the molecule is CCN(CC(=O)Nc1ccc(OC)cc1)C(=O)CCc1nc(-c2ccccc2)c(-c2ccccc2)o1. The molecule has 0 radical (unpaired) electrons. The number of methoxy groups -OCH3 is 1. The summed E-state index contributed by atoms with van der Waals surface area (Å²) in [7, 11) is 1.58. The highest BCUT2D eigenvalue weighted by Gasteiger charge is 2.20. The maximum absolute atomic E-state index is 12.9. The van der Waals surface area contributed by atoms with Crippen LogP contribution in [0.25, 0.3) is 22.6 Å². The van der Waals surface area contributed by atoms with Crippen LogP contribution in [0.1, 0.15) is 19.2 Å². The summed E-state index contributed by atoms with van der Waals surface area (Å²) in [5.74, 6) is 1.47. The van der Waals surface area contributed by atoms with Gasteiger partial charge in [-0.3, -0.25) is 9.59 Å². The minimum absolute atomic E-state index is 0.0303. The molecule has 2 amide bonds. The molecule has 7 nitrogen and oxygen atoms in total. The number of benzene rings is 3. The molecule has 0 saturated carbocycles. The van der Waals surface area contributed by atoms with Gasteiger partial charge in [-0.2, -0.15) is 0 Å². The van der Waals surface area contributed by atoms with Crippen LogP contribution in [-0.2, 0) is 16.0 Å². The molecule has 1 aromatic heterocycles. The Morgan fingerprint density at radius 3 is 2.17 bits per heavy atom. The number of hydrogen-bond acceptors (Lipinski definition) is 5. The zero-order valence-corrected chi connectivity index (χ0v) is 20.4. The molecule has 0 spiro atoms. The van der Waals surface area contributed by atoms with Crippen LogP contribution in [-0.4, -0.2) is 41.9 Å². The third-order valence-corrected chi connectivity index (χ3v) is 5.75. The predicted octanol–water partition coefficient (Wildman–Crippen LogP) is 5.44. The molecule has 4 rings (SSSR count). The highest BCUT2D eigenvalue weighted by atomic mass is 16.5. The lowest BCUT2D eigenvalue weighted by molar-refractivity contribution is -0.134. The number of amides is 2. The Labute approximate surface area is 210 Å². The molecule has 7 heteroatoms. The van der Waals surface area contributed by atoms with Gasteiger partial charge in [0, 0.05) is 36.2 Å². The number of anilines is 1. The van der Waals surface area contributed by atoms with Crippen molar-refractivity contribution in [2.45, 2.75) is 19.8 Å². The quantitative estimate of drug-likeness (QED) is 0.325. The lowest BCUT2D eigenvalue weighted by Gasteiger charge is -2.20. The summed E-state index contributed by atoms with van der Waals surface area (Å²) in [4.78, 5) is 31.7. The Balaban J connectivity index is 1.41. The molecular weight excluding hydrogens is 454 g/mol. The molecule has 0 bridgehead atoms. The Hall–Kier alpha value is -4.39. The van der Waals surface area contributed by atoms with Crippen molar-refractivity contribution in [3.63, 3.8) is 0 Å². The van der Waals surface area contributed by atoms with Gasteiger partial charge in [0.05, 0.1) is 13.7 Å². The average molecular weight is 484 g/mol. The van der Waals surface area contributed by atoms with Gasteiger partial charge < -0.3 is 19.4 Å². The monoisotopic (exact) mass is 483 g/mol. The van der Waals surface area contributed by atoms with Crippen LogP contribution < -0.4 is 10.1 Å². The van der Waals surface area contributed by atoms with E-state index >= 15 is 0 Å². The smallest absolute Gasteiger partial charge is 0.243 e. The summed E-state index contributed by atoms with van der Waals surface area (Å²) in [6, 6.07) is 26.7. The van der Waals surface area contributed by atoms with Crippen molar-refractivity contribution >= 4 is 17.5 Å². The molecule has 0 unspecified atom stereocenters. The normalized spacial score (nSPS) is 10.6.